The van der Waals surface area contributed by atoms with Crippen LogP contribution < -0.4 is 0 Å². The van der Waals surface area contributed by atoms with Gasteiger partial charge in [-0.2, -0.15) is 0 Å². The fourth-order valence-electron chi connectivity index (χ4n) is 3.64. The Hall–Kier alpha value is -1.24. The van der Waals surface area contributed by atoms with Gasteiger partial charge in [0.15, 0.2) is 0 Å². The van der Waals surface area contributed by atoms with Gasteiger partial charge in [0.25, 0.3) is 0 Å². The number of isocyanates is 2. The van der Waals surface area contributed by atoms with Crippen molar-refractivity contribution in [1.82, 2.24) is 0 Å². The van der Waals surface area contributed by atoms with E-state index in [-0.39, 0.29) is 12.1 Å². The Balaban J connectivity index is 1.69. The van der Waals surface area contributed by atoms with Crippen LogP contribution in [0.4, 0.5) is 0 Å². The Morgan fingerprint density at radius 2 is 1.05 bits per heavy atom. The van der Waals surface area contributed by atoms with Gasteiger partial charge in [-0.15, -0.1) is 0 Å². The molecule has 104 valence electrons. The van der Waals surface area contributed by atoms with E-state index in [2.05, 4.69) is 9.98 Å². The van der Waals surface area contributed by atoms with Crippen molar-refractivity contribution in [3.8, 4) is 0 Å². The molecule has 0 bridgehead atoms. The Kier molecular flexibility index (Phi) is 5.50. The molecule has 0 aliphatic heterocycles. The van der Waals surface area contributed by atoms with Gasteiger partial charge in [0.1, 0.15) is 0 Å². The Labute approximate surface area is 114 Å². The number of hydrogen-bond acceptors (Lipinski definition) is 4. The smallest absolute Gasteiger partial charge is 0.211 e. The van der Waals surface area contributed by atoms with Gasteiger partial charge in [-0.1, -0.05) is 0 Å². The molecule has 19 heavy (non-hydrogen) atoms. The Bertz CT molecular complexity index is 332. The third-order valence-electron chi connectivity index (χ3n) is 4.77. The summed E-state index contributed by atoms with van der Waals surface area (Å²) in [6.45, 7) is 0. The summed E-state index contributed by atoms with van der Waals surface area (Å²) >= 11 is 0. The van der Waals surface area contributed by atoms with Crippen LogP contribution in [0.5, 0.6) is 0 Å². The highest BCUT2D eigenvalue weighted by Crippen LogP contribution is 2.36. The lowest BCUT2D eigenvalue weighted by Gasteiger charge is -2.31. The van der Waals surface area contributed by atoms with Crippen molar-refractivity contribution in [1.29, 1.82) is 0 Å². The normalized spacial score (nSPS) is 34.9. The van der Waals surface area contributed by atoms with E-state index in [9.17, 15) is 9.59 Å². The van der Waals surface area contributed by atoms with Gasteiger partial charge in [-0.25, -0.2) is 19.6 Å². The molecule has 4 nitrogen and oxygen atoms in total. The molecule has 0 amide bonds. The molecule has 2 aliphatic rings. The standard InChI is InChI=1S/C15H22N2O2/c18-10-16-14-5-1-12(2-6-14)9-13-3-7-15(8-4-13)17-11-19/h12-15H,1-9H2/t12-,13-,14-,15-. The zero-order chi connectivity index (χ0) is 13.5. The van der Waals surface area contributed by atoms with Gasteiger partial charge < -0.3 is 0 Å². The van der Waals surface area contributed by atoms with Crippen LogP contribution in [0.2, 0.25) is 0 Å². The van der Waals surface area contributed by atoms with Crippen LogP contribution in [-0.4, -0.2) is 24.2 Å². The summed E-state index contributed by atoms with van der Waals surface area (Å²) in [5, 5.41) is 0. The van der Waals surface area contributed by atoms with Crippen LogP contribution in [0.25, 0.3) is 0 Å². The van der Waals surface area contributed by atoms with E-state index in [1.54, 1.807) is 12.2 Å². The molecule has 0 spiro atoms. The highest BCUT2D eigenvalue weighted by Gasteiger charge is 2.26. The molecule has 0 N–H and O–H groups in total. The van der Waals surface area contributed by atoms with Crippen molar-refractivity contribution in [3.05, 3.63) is 0 Å². The number of aliphatic imine (C=N–C) groups is 2. The average molecular weight is 262 g/mol. The second-order valence-corrected chi connectivity index (χ2v) is 6.03. The van der Waals surface area contributed by atoms with Crippen LogP contribution in [0.15, 0.2) is 9.98 Å². The molecular weight excluding hydrogens is 240 g/mol. The predicted molar refractivity (Wildman–Crippen MR) is 72.4 cm³/mol. The van der Waals surface area contributed by atoms with E-state index < -0.39 is 0 Å². The van der Waals surface area contributed by atoms with Gasteiger partial charge >= 0.3 is 0 Å². The number of rotatable bonds is 4. The summed E-state index contributed by atoms with van der Waals surface area (Å²) < 4.78 is 0. The minimum Gasteiger partial charge on any atom is -0.211 e. The van der Waals surface area contributed by atoms with Crippen molar-refractivity contribution in [2.75, 3.05) is 0 Å². The molecule has 0 aromatic carbocycles. The summed E-state index contributed by atoms with van der Waals surface area (Å²) in [5.74, 6) is 1.60. The first kappa shape index (κ1) is 14.2. The summed E-state index contributed by atoms with van der Waals surface area (Å²) in [5.41, 5.74) is 0. The molecule has 0 radical (unpaired) electrons. The molecule has 2 aliphatic carbocycles. The van der Waals surface area contributed by atoms with E-state index in [1.165, 1.54) is 32.1 Å². The molecule has 2 fully saturated rings. The summed E-state index contributed by atoms with van der Waals surface area (Å²) in [7, 11) is 0. The lowest BCUT2D eigenvalue weighted by molar-refractivity contribution is 0.226. The molecule has 0 heterocycles. The van der Waals surface area contributed by atoms with Crippen molar-refractivity contribution >= 4 is 12.2 Å². The zero-order valence-electron chi connectivity index (χ0n) is 11.4. The maximum atomic E-state index is 10.2. The van der Waals surface area contributed by atoms with Gasteiger partial charge in [0.05, 0.1) is 12.1 Å². The summed E-state index contributed by atoms with van der Waals surface area (Å²) in [6.07, 6.45) is 13.6. The molecule has 2 saturated carbocycles. The largest absolute Gasteiger partial charge is 0.235 e. The lowest BCUT2D eigenvalue weighted by atomic mass is 9.76. The van der Waals surface area contributed by atoms with Crippen molar-refractivity contribution in [2.45, 2.75) is 69.9 Å². The van der Waals surface area contributed by atoms with Gasteiger partial charge in [0, 0.05) is 0 Å². The molecule has 4 heteroatoms. The second-order valence-electron chi connectivity index (χ2n) is 6.03. The topological polar surface area (TPSA) is 58.9 Å². The van der Waals surface area contributed by atoms with E-state index in [0.717, 1.165) is 37.5 Å². The van der Waals surface area contributed by atoms with Gasteiger partial charge in [-0.05, 0) is 69.6 Å². The lowest BCUT2D eigenvalue weighted by Crippen LogP contribution is -2.23. The monoisotopic (exact) mass is 262 g/mol. The fraction of sp³-hybridized carbons (Fsp3) is 0.867. The van der Waals surface area contributed by atoms with Crippen LogP contribution in [0, 0.1) is 11.8 Å². The maximum Gasteiger partial charge on any atom is 0.235 e. The van der Waals surface area contributed by atoms with Crippen molar-refractivity contribution in [2.24, 2.45) is 21.8 Å². The van der Waals surface area contributed by atoms with Crippen LogP contribution in [0.3, 0.4) is 0 Å². The first-order chi connectivity index (χ1) is 9.31. The van der Waals surface area contributed by atoms with Crippen molar-refractivity contribution < 1.29 is 9.59 Å². The molecular formula is C15H22N2O2. The quantitative estimate of drug-likeness (QED) is 0.577. The Morgan fingerprint density at radius 3 is 1.37 bits per heavy atom. The van der Waals surface area contributed by atoms with Crippen LogP contribution >= 0.6 is 0 Å². The van der Waals surface area contributed by atoms with E-state index >= 15 is 0 Å². The highest BCUT2D eigenvalue weighted by atomic mass is 16.1. The number of carbonyl (C=O) groups excluding carboxylic acids is 2. The average Bonchev–Trinajstić information content (AvgIpc) is 2.44. The van der Waals surface area contributed by atoms with Crippen molar-refractivity contribution in [3.63, 3.8) is 0 Å². The SMILES string of the molecule is O=C=N[C@H]1CC[C@H](C[C@H]2CC[C@H](N=C=O)CC2)CC1. The fourth-order valence-corrected chi connectivity index (χ4v) is 3.64. The minimum atomic E-state index is 0.228. The summed E-state index contributed by atoms with van der Waals surface area (Å²) in [6, 6.07) is 0.456. The first-order valence-corrected chi connectivity index (χ1v) is 7.45. The van der Waals surface area contributed by atoms with Gasteiger partial charge in [0.2, 0.25) is 12.2 Å². The van der Waals surface area contributed by atoms with E-state index in [1.807, 2.05) is 0 Å². The van der Waals surface area contributed by atoms with Crippen LogP contribution in [-0.2, 0) is 9.59 Å². The minimum absolute atomic E-state index is 0.228. The molecule has 0 unspecified atom stereocenters. The van der Waals surface area contributed by atoms with Crippen LogP contribution in [0.1, 0.15) is 57.8 Å². The first-order valence-electron chi connectivity index (χ1n) is 7.45. The second kappa shape index (κ2) is 7.37. The number of nitrogens with zero attached hydrogens (tertiary/aromatic N) is 2. The molecule has 0 aromatic rings. The molecule has 0 saturated heterocycles. The Morgan fingerprint density at radius 1 is 0.684 bits per heavy atom. The van der Waals surface area contributed by atoms with E-state index in [4.69, 9.17) is 0 Å². The highest BCUT2D eigenvalue weighted by molar-refractivity contribution is 5.33. The molecule has 2 rings (SSSR count). The summed E-state index contributed by atoms with van der Waals surface area (Å²) in [4.78, 5) is 28.1. The number of hydrogen-bond donors (Lipinski definition) is 0. The molecule has 0 atom stereocenters. The zero-order valence-corrected chi connectivity index (χ0v) is 11.4. The predicted octanol–water partition coefficient (Wildman–Crippen LogP) is 3.17. The maximum absolute atomic E-state index is 10.2. The third-order valence-corrected chi connectivity index (χ3v) is 4.77. The van der Waals surface area contributed by atoms with Gasteiger partial charge in [-0.3, -0.25) is 0 Å². The molecule has 0 aromatic heterocycles. The van der Waals surface area contributed by atoms with E-state index in [0.29, 0.717) is 0 Å². The third kappa shape index (κ3) is 4.41.